The first-order chi connectivity index (χ1) is 42.6. The first-order valence-corrected chi connectivity index (χ1v) is 35.0. The number of hydrogen-bond acceptors (Lipinski definition) is 7. The molecule has 2 unspecified atom stereocenters. The second-order valence-electron chi connectivity index (χ2n) is 24.1. The number of unbranched alkanes of at least 4 members (excludes halogenated alkanes) is 24. The van der Waals surface area contributed by atoms with E-state index in [1.807, 2.05) is 21.1 Å². The van der Waals surface area contributed by atoms with Gasteiger partial charge in [0.25, 0.3) is 6.29 Å². The van der Waals surface area contributed by atoms with Crippen molar-refractivity contribution in [2.75, 3.05) is 47.5 Å². The Balaban J connectivity index is 4.23. The molecule has 0 aromatic heterocycles. The normalized spacial score (nSPS) is 13.6. The summed E-state index contributed by atoms with van der Waals surface area (Å²) in [6, 6.07) is 0. The number of hydrogen-bond donors (Lipinski definition) is 1. The molecular weight excluding hydrogens is 1080 g/mol. The topological polar surface area (TPSA) is 108 Å². The molecule has 0 aromatic rings. The van der Waals surface area contributed by atoms with Gasteiger partial charge < -0.3 is 28.5 Å². The van der Waals surface area contributed by atoms with E-state index in [-0.39, 0.29) is 38.6 Å². The van der Waals surface area contributed by atoms with E-state index in [0.29, 0.717) is 23.9 Å². The second-order valence-corrected chi connectivity index (χ2v) is 24.1. The molecule has 0 fully saturated rings. The Bertz CT molecular complexity index is 1940. The number of carbonyl (C=O) groups excluding carboxylic acids is 2. The van der Waals surface area contributed by atoms with Crippen molar-refractivity contribution in [2.45, 2.75) is 283 Å². The minimum absolute atomic E-state index is 0.170. The van der Waals surface area contributed by atoms with E-state index in [0.717, 1.165) is 89.9 Å². The van der Waals surface area contributed by atoms with Gasteiger partial charge in [-0.3, -0.25) is 9.59 Å². The highest BCUT2D eigenvalue weighted by atomic mass is 16.7. The number of carbonyl (C=O) groups is 3. The van der Waals surface area contributed by atoms with E-state index in [9.17, 15) is 19.5 Å². The molecule has 9 nitrogen and oxygen atoms in total. The van der Waals surface area contributed by atoms with Gasteiger partial charge in [0.2, 0.25) is 0 Å². The molecule has 0 saturated heterocycles. The van der Waals surface area contributed by atoms with Gasteiger partial charge in [-0.15, -0.1) is 0 Å². The van der Waals surface area contributed by atoms with Crippen LogP contribution in [0.1, 0.15) is 271 Å². The Morgan fingerprint density at radius 3 is 1.01 bits per heavy atom. The zero-order valence-electron chi connectivity index (χ0n) is 56.4. The lowest BCUT2D eigenvalue weighted by Crippen LogP contribution is -2.40. The fourth-order valence-electron chi connectivity index (χ4n) is 9.26. The minimum Gasteiger partial charge on any atom is -0.477 e. The number of rotatable bonds is 63. The number of aliphatic carboxylic acids is 1. The lowest BCUT2D eigenvalue weighted by atomic mass is 10.0. The molecule has 2 atom stereocenters. The van der Waals surface area contributed by atoms with Crippen LogP contribution in [0.4, 0.5) is 0 Å². The average molecular weight is 1210 g/mol. The van der Waals surface area contributed by atoms with Crippen LogP contribution in [0, 0.1) is 0 Å². The van der Waals surface area contributed by atoms with Crippen LogP contribution >= 0.6 is 0 Å². The lowest BCUT2D eigenvalue weighted by Gasteiger charge is -2.25. The van der Waals surface area contributed by atoms with Gasteiger partial charge in [0.1, 0.15) is 13.2 Å². The van der Waals surface area contributed by atoms with Crippen LogP contribution in [-0.2, 0) is 33.3 Å². The average Bonchev–Trinajstić information content (AvgIpc) is 3.57. The zero-order chi connectivity index (χ0) is 63.3. The number of carboxylic acid groups (broad SMARTS) is 1. The zero-order valence-corrected chi connectivity index (χ0v) is 56.4. The Hall–Kier alpha value is -4.83. The molecule has 0 aliphatic carbocycles. The number of likely N-dealkylation sites (N-methyl/N-ethyl adjacent to an activating group) is 1. The van der Waals surface area contributed by atoms with Crippen molar-refractivity contribution in [3.8, 4) is 0 Å². The van der Waals surface area contributed by atoms with Gasteiger partial charge >= 0.3 is 17.9 Å². The molecule has 0 spiro atoms. The van der Waals surface area contributed by atoms with Crippen molar-refractivity contribution in [3.63, 3.8) is 0 Å². The predicted octanol–water partition coefficient (Wildman–Crippen LogP) is 21.9. The molecule has 0 saturated carbocycles. The second kappa shape index (κ2) is 67.1. The van der Waals surface area contributed by atoms with Crippen LogP contribution < -0.4 is 0 Å². The van der Waals surface area contributed by atoms with E-state index in [2.05, 4.69) is 160 Å². The summed E-state index contributed by atoms with van der Waals surface area (Å²) in [5.74, 6) is -2.09. The summed E-state index contributed by atoms with van der Waals surface area (Å²) >= 11 is 0. The summed E-state index contributed by atoms with van der Waals surface area (Å²) in [5, 5.41) is 9.74. The van der Waals surface area contributed by atoms with E-state index in [1.165, 1.54) is 141 Å². The fraction of sp³-hybridized carbons (Fsp3) is 0.654. The van der Waals surface area contributed by atoms with Crippen molar-refractivity contribution in [1.82, 2.24) is 0 Å². The van der Waals surface area contributed by atoms with Crippen LogP contribution in [0.15, 0.2) is 146 Å². The summed E-state index contributed by atoms with van der Waals surface area (Å²) in [6.45, 7) is 4.69. The maximum Gasteiger partial charge on any atom is 0.361 e. The summed E-state index contributed by atoms with van der Waals surface area (Å²) in [5.41, 5.74) is 0. The standard InChI is InChI=1S/C78H129NO8/c1-6-8-10-12-14-16-18-20-22-24-26-28-30-32-34-36-37-38-39-41-42-44-46-48-50-52-54-56-58-60-62-64-66-68-75(80)85-72-74(73-86-78(77(82)83)84-71-70-79(3,4)5)87-76(81)69-67-65-63-61-59-57-55-53-51-49-47-45-43-40-35-33-31-29-27-25-23-21-19-17-15-13-11-9-7-2/h9,11,15,17-18,20-21,23-24,26-27,29-30,32-33,35,43,45,49,51,55,57,61,63,74,78H,6-8,10,12-14,16,19,22,25,28,31,34,36-42,44,46-48,50,52-54,56,58-60,62,64-73H2,1-5H3/p+1/b11-9-,17-15-,20-18-,23-21-,26-24-,29-27-,32-30-,35-33-,45-43-,51-49-,57-55-,63-61-. The van der Waals surface area contributed by atoms with Crippen LogP contribution in [0.5, 0.6) is 0 Å². The number of carboxylic acids is 1. The minimum atomic E-state index is -1.54. The third-order valence-corrected chi connectivity index (χ3v) is 14.6. The highest BCUT2D eigenvalue weighted by Gasteiger charge is 2.25. The molecule has 87 heavy (non-hydrogen) atoms. The molecule has 1 N–H and O–H groups in total. The van der Waals surface area contributed by atoms with Crippen molar-refractivity contribution < 1.29 is 42.9 Å². The molecule has 0 radical (unpaired) electrons. The first-order valence-electron chi connectivity index (χ1n) is 35.0. The van der Waals surface area contributed by atoms with Crippen LogP contribution in [0.25, 0.3) is 0 Å². The molecule has 0 amide bonds. The highest BCUT2D eigenvalue weighted by Crippen LogP contribution is 2.16. The Labute approximate surface area is 534 Å². The summed E-state index contributed by atoms with van der Waals surface area (Å²) in [4.78, 5) is 37.6. The Kier molecular flexibility index (Phi) is 63.4. The third kappa shape index (κ3) is 68.5. The number of nitrogens with zero attached hydrogens (tertiary/aromatic N) is 1. The van der Waals surface area contributed by atoms with Gasteiger partial charge in [-0.1, -0.05) is 288 Å². The molecule has 0 bridgehead atoms. The maximum absolute atomic E-state index is 12.9. The molecule has 0 heterocycles. The molecule has 494 valence electrons. The summed E-state index contributed by atoms with van der Waals surface area (Å²) < 4.78 is 22.9. The van der Waals surface area contributed by atoms with Crippen LogP contribution in [0.2, 0.25) is 0 Å². The summed E-state index contributed by atoms with van der Waals surface area (Å²) in [7, 11) is 5.95. The third-order valence-electron chi connectivity index (χ3n) is 14.6. The van der Waals surface area contributed by atoms with Gasteiger partial charge in [0.05, 0.1) is 34.4 Å². The first kappa shape index (κ1) is 82.2. The van der Waals surface area contributed by atoms with Crippen molar-refractivity contribution in [3.05, 3.63) is 146 Å². The van der Waals surface area contributed by atoms with E-state index in [1.54, 1.807) is 0 Å². The monoisotopic (exact) mass is 1210 g/mol. The smallest absolute Gasteiger partial charge is 0.361 e. The Morgan fingerprint density at radius 1 is 0.356 bits per heavy atom. The maximum atomic E-state index is 12.9. The van der Waals surface area contributed by atoms with Crippen molar-refractivity contribution >= 4 is 17.9 Å². The van der Waals surface area contributed by atoms with E-state index < -0.39 is 24.3 Å². The van der Waals surface area contributed by atoms with Crippen LogP contribution in [0.3, 0.4) is 0 Å². The quantitative estimate of drug-likeness (QED) is 0.0211. The SMILES string of the molecule is CC/C=C\C/C=C\C/C=C\C/C=C\C/C=C\C/C=C\C/C=C\C/C=C\C/C=C\CCCC(=O)OC(COC(=O)CCCCCCCCCCCCCCCCCCCC/C=C\C/C=C\C/C=C\CCCCCCC)COC(OCC[N+](C)(C)C)C(=O)O. The van der Waals surface area contributed by atoms with Gasteiger partial charge in [-0.2, -0.15) is 0 Å². The van der Waals surface area contributed by atoms with Gasteiger partial charge in [-0.05, 0) is 116 Å². The van der Waals surface area contributed by atoms with Gasteiger partial charge in [0, 0.05) is 12.8 Å². The summed E-state index contributed by atoms with van der Waals surface area (Å²) in [6.07, 6.45) is 95.4. The van der Waals surface area contributed by atoms with Gasteiger partial charge in [0.15, 0.2) is 6.10 Å². The molecule has 0 rings (SSSR count). The van der Waals surface area contributed by atoms with Crippen LogP contribution in [-0.4, -0.2) is 87.4 Å². The van der Waals surface area contributed by atoms with Crippen molar-refractivity contribution in [2.24, 2.45) is 0 Å². The number of quaternary nitrogens is 1. The molecule has 0 aromatic carbocycles. The molecular formula is C78H130NO8+. The van der Waals surface area contributed by atoms with E-state index in [4.69, 9.17) is 18.9 Å². The molecule has 9 heteroatoms. The Morgan fingerprint density at radius 2 is 0.667 bits per heavy atom. The lowest BCUT2D eigenvalue weighted by molar-refractivity contribution is -0.870. The molecule has 0 aliphatic rings. The fourth-order valence-corrected chi connectivity index (χ4v) is 9.26. The number of ether oxygens (including phenoxy) is 4. The molecule has 0 aliphatic heterocycles. The predicted molar refractivity (Wildman–Crippen MR) is 373 cm³/mol. The van der Waals surface area contributed by atoms with E-state index >= 15 is 0 Å². The highest BCUT2D eigenvalue weighted by molar-refractivity contribution is 5.71. The number of esters is 2. The van der Waals surface area contributed by atoms with Crippen molar-refractivity contribution in [1.29, 1.82) is 0 Å². The number of allylic oxidation sites excluding steroid dienone is 24. The largest absolute Gasteiger partial charge is 0.477 e. The van der Waals surface area contributed by atoms with Gasteiger partial charge in [-0.25, -0.2) is 4.79 Å².